The Morgan fingerprint density at radius 1 is 1.26 bits per heavy atom. The van der Waals surface area contributed by atoms with Crippen LogP contribution in [0.15, 0.2) is 54.6 Å². The van der Waals surface area contributed by atoms with Crippen molar-refractivity contribution in [1.29, 1.82) is 0 Å². The first kappa shape index (κ1) is 21.2. The van der Waals surface area contributed by atoms with Crippen molar-refractivity contribution in [1.82, 2.24) is 20.3 Å². The SMILES string of the molecule is CC1CN2NC(c3ccc(Cl)cc3F)=C(c3ccncc3)C2=CN1C(=O)OC(C)(C)C. The van der Waals surface area contributed by atoms with Crippen molar-refractivity contribution in [3.8, 4) is 0 Å². The molecule has 2 aromatic rings. The average Bonchev–Trinajstić information content (AvgIpc) is 3.04. The number of ether oxygens (including phenoxy) is 1. The number of allylic oxidation sites excluding steroid dienone is 1. The molecule has 0 spiro atoms. The van der Waals surface area contributed by atoms with Gasteiger partial charge in [0.1, 0.15) is 11.4 Å². The van der Waals surface area contributed by atoms with Gasteiger partial charge in [-0.25, -0.2) is 9.18 Å². The zero-order chi connectivity index (χ0) is 22.3. The summed E-state index contributed by atoms with van der Waals surface area (Å²) in [5, 5.41) is 2.25. The number of fused-ring (bicyclic) bond motifs is 1. The van der Waals surface area contributed by atoms with E-state index in [0.717, 1.165) is 16.8 Å². The van der Waals surface area contributed by atoms with Crippen molar-refractivity contribution in [2.45, 2.75) is 39.3 Å². The molecule has 0 bridgehead atoms. The number of nitrogens with zero attached hydrogens (tertiary/aromatic N) is 3. The molecule has 162 valence electrons. The second kappa shape index (κ2) is 7.89. The number of rotatable bonds is 2. The lowest BCUT2D eigenvalue weighted by molar-refractivity contribution is 0.0221. The molecule has 0 fully saturated rings. The van der Waals surface area contributed by atoms with E-state index in [9.17, 15) is 9.18 Å². The number of hydrogen-bond donors (Lipinski definition) is 1. The molecule has 1 atom stereocenters. The summed E-state index contributed by atoms with van der Waals surface area (Å²) in [5.74, 6) is -0.431. The minimum atomic E-state index is -0.609. The molecule has 1 aromatic carbocycles. The first-order chi connectivity index (χ1) is 14.6. The van der Waals surface area contributed by atoms with Gasteiger partial charge in [-0.2, -0.15) is 0 Å². The Morgan fingerprint density at radius 2 is 1.97 bits per heavy atom. The fraction of sp³-hybridized carbons (Fsp3) is 0.304. The number of hydrazine groups is 1. The second-order valence-corrected chi connectivity index (χ2v) is 9.02. The topological polar surface area (TPSA) is 57.7 Å². The maximum atomic E-state index is 14.8. The molecule has 1 N–H and O–H groups in total. The molecule has 6 nitrogen and oxygen atoms in total. The van der Waals surface area contributed by atoms with E-state index in [4.69, 9.17) is 16.3 Å². The summed E-state index contributed by atoms with van der Waals surface area (Å²) >= 11 is 5.96. The van der Waals surface area contributed by atoms with Crippen LogP contribution < -0.4 is 5.43 Å². The number of halogens is 2. The van der Waals surface area contributed by atoms with E-state index in [-0.39, 0.29) is 6.04 Å². The summed E-state index contributed by atoms with van der Waals surface area (Å²) < 4.78 is 20.4. The Kier molecular flexibility index (Phi) is 5.39. The van der Waals surface area contributed by atoms with Crippen molar-refractivity contribution in [3.63, 3.8) is 0 Å². The Labute approximate surface area is 185 Å². The number of carbonyl (C=O) groups excluding carboxylic acids is 1. The van der Waals surface area contributed by atoms with Crippen molar-refractivity contribution in [3.05, 3.63) is 76.6 Å². The summed E-state index contributed by atoms with van der Waals surface area (Å²) in [6, 6.07) is 8.14. The first-order valence-corrected chi connectivity index (χ1v) is 10.4. The van der Waals surface area contributed by atoms with Crippen LogP contribution in [0.1, 0.15) is 38.8 Å². The average molecular weight is 443 g/mol. The molecule has 31 heavy (non-hydrogen) atoms. The second-order valence-electron chi connectivity index (χ2n) is 8.58. The predicted molar refractivity (Wildman–Crippen MR) is 118 cm³/mol. The van der Waals surface area contributed by atoms with E-state index in [1.54, 1.807) is 35.6 Å². The van der Waals surface area contributed by atoms with Gasteiger partial charge in [0.05, 0.1) is 24.0 Å². The molecule has 0 aliphatic carbocycles. The minimum absolute atomic E-state index is 0.154. The first-order valence-electron chi connectivity index (χ1n) is 10.0. The van der Waals surface area contributed by atoms with Gasteiger partial charge in [0.25, 0.3) is 0 Å². The number of carbonyl (C=O) groups is 1. The lowest BCUT2D eigenvalue weighted by Gasteiger charge is -2.37. The van der Waals surface area contributed by atoms with Crippen molar-refractivity contribution >= 4 is 29.0 Å². The number of pyridine rings is 1. The lowest BCUT2D eigenvalue weighted by Crippen LogP contribution is -2.50. The number of aromatic nitrogens is 1. The molecule has 1 unspecified atom stereocenters. The normalized spacial score (nSPS) is 18.5. The molecule has 1 aromatic heterocycles. The molecular formula is C23H24ClFN4O2. The van der Waals surface area contributed by atoms with E-state index in [1.165, 1.54) is 6.07 Å². The van der Waals surface area contributed by atoms with Crippen LogP contribution in [0.3, 0.4) is 0 Å². The number of benzene rings is 1. The van der Waals surface area contributed by atoms with Crippen LogP contribution in [0.2, 0.25) is 5.02 Å². The highest BCUT2D eigenvalue weighted by Gasteiger charge is 2.38. The highest BCUT2D eigenvalue weighted by atomic mass is 35.5. The lowest BCUT2D eigenvalue weighted by atomic mass is 9.98. The fourth-order valence-corrected chi connectivity index (χ4v) is 3.81. The maximum absolute atomic E-state index is 14.8. The van der Waals surface area contributed by atoms with Crippen LogP contribution in [0.4, 0.5) is 9.18 Å². The molecule has 0 saturated heterocycles. The van der Waals surface area contributed by atoms with E-state index in [1.807, 2.05) is 44.8 Å². The van der Waals surface area contributed by atoms with Gasteiger partial charge in [0, 0.05) is 34.8 Å². The largest absolute Gasteiger partial charge is 0.443 e. The van der Waals surface area contributed by atoms with Gasteiger partial charge in [-0.15, -0.1) is 0 Å². The molecule has 2 aliphatic heterocycles. The van der Waals surface area contributed by atoms with Gasteiger partial charge in [0.15, 0.2) is 0 Å². The van der Waals surface area contributed by atoms with Gasteiger partial charge in [0.2, 0.25) is 0 Å². The Balaban J connectivity index is 1.84. The van der Waals surface area contributed by atoms with Gasteiger partial charge in [-0.05, 0) is 63.6 Å². The third kappa shape index (κ3) is 4.23. The van der Waals surface area contributed by atoms with Crippen LogP contribution in [0, 0.1) is 5.82 Å². The molecular weight excluding hydrogens is 419 g/mol. The molecule has 0 saturated carbocycles. The van der Waals surface area contributed by atoms with Crippen molar-refractivity contribution in [2.24, 2.45) is 0 Å². The Bertz CT molecular complexity index is 1080. The summed E-state index contributed by atoms with van der Waals surface area (Å²) in [4.78, 5) is 18.5. The van der Waals surface area contributed by atoms with Crippen molar-refractivity contribution in [2.75, 3.05) is 6.54 Å². The molecule has 0 radical (unpaired) electrons. The van der Waals surface area contributed by atoms with Crippen LogP contribution in [0.25, 0.3) is 11.3 Å². The molecule has 2 aliphatic rings. The minimum Gasteiger partial charge on any atom is -0.443 e. The monoisotopic (exact) mass is 442 g/mol. The van der Waals surface area contributed by atoms with E-state index < -0.39 is 17.5 Å². The summed E-state index contributed by atoms with van der Waals surface area (Å²) in [6.07, 6.45) is 4.69. The molecule has 1 amide bonds. The Hall–Kier alpha value is -3.06. The van der Waals surface area contributed by atoms with Crippen molar-refractivity contribution < 1.29 is 13.9 Å². The highest BCUT2D eigenvalue weighted by Crippen LogP contribution is 2.40. The van der Waals surface area contributed by atoms with Crippen LogP contribution in [0.5, 0.6) is 0 Å². The summed E-state index contributed by atoms with van der Waals surface area (Å²) in [7, 11) is 0. The zero-order valence-electron chi connectivity index (χ0n) is 17.8. The number of hydrogen-bond acceptors (Lipinski definition) is 5. The fourth-order valence-electron chi connectivity index (χ4n) is 3.65. The van der Waals surface area contributed by atoms with Gasteiger partial charge >= 0.3 is 6.09 Å². The summed E-state index contributed by atoms with van der Waals surface area (Å²) in [6.45, 7) is 7.93. The van der Waals surface area contributed by atoms with Gasteiger partial charge < -0.3 is 4.74 Å². The summed E-state index contributed by atoms with van der Waals surface area (Å²) in [5.41, 5.74) is 6.07. The molecule has 3 heterocycles. The smallest absolute Gasteiger partial charge is 0.414 e. The Morgan fingerprint density at radius 3 is 2.61 bits per heavy atom. The molecule has 8 heteroatoms. The van der Waals surface area contributed by atoms with Crippen LogP contribution in [-0.4, -0.2) is 39.2 Å². The third-order valence-electron chi connectivity index (χ3n) is 5.00. The van der Waals surface area contributed by atoms with E-state index in [0.29, 0.717) is 22.8 Å². The quantitative estimate of drug-likeness (QED) is 0.705. The van der Waals surface area contributed by atoms with Crippen LogP contribution >= 0.6 is 11.6 Å². The van der Waals surface area contributed by atoms with E-state index in [2.05, 4.69) is 10.4 Å². The number of nitrogens with one attached hydrogen (secondary N) is 1. The van der Waals surface area contributed by atoms with E-state index >= 15 is 0 Å². The van der Waals surface area contributed by atoms with Gasteiger partial charge in [-0.1, -0.05) is 11.6 Å². The third-order valence-corrected chi connectivity index (χ3v) is 5.24. The maximum Gasteiger partial charge on any atom is 0.414 e. The predicted octanol–water partition coefficient (Wildman–Crippen LogP) is 5.04. The van der Waals surface area contributed by atoms with Gasteiger partial charge in [-0.3, -0.25) is 20.3 Å². The van der Waals surface area contributed by atoms with Crippen LogP contribution in [-0.2, 0) is 4.74 Å². The standard InChI is InChI=1S/C23H24ClFN4O2/c1-14-12-29-19(13-28(14)22(30)31-23(2,3)4)20(15-7-9-26-10-8-15)21(27-29)17-6-5-16(24)11-18(17)25/h5-11,13-14,27H,12H2,1-4H3. The molecule has 4 rings (SSSR count). The zero-order valence-corrected chi connectivity index (χ0v) is 18.6. The highest BCUT2D eigenvalue weighted by molar-refractivity contribution is 6.30. The number of amides is 1.